The van der Waals surface area contributed by atoms with E-state index >= 15 is 0 Å². The lowest BCUT2D eigenvalue weighted by atomic mass is 10.1. The highest BCUT2D eigenvalue weighted by Crippen LogP contribution is 2.07. The molecule has 6 nitrogen and oxygen atoms in total. The molecule has 0 spiro atoms. The van der Waals surface area contributed by atoms with Crippen LogP contribution < -0.4 is 5.32 Å². The van der Waals surface area contributed by atoms with Crippen molar-refractivity contribution >= 4 is 12.2 Å². The predicted molar refractivity (Wildman–Crippen MR) is 56.7 cm³/mol. The number of morpholine rings is 1. The average molecular weight is 230 g/mol. The minimum absolute atomic E-state index is 0.109. The van der Waals surface area contributed by atoms with Crippen molar-refractivity contribution in [2.45, 2.75) is 25.6 Å². The van der Waals surface area contributed by atoms with Gasteiger partial charge >= 0.3 is 0 Å². The number of rotatable bonds is 5. The van der Waals surface area contributed by atoms with Crippen molar-refractivity contribution in [3.63, 3.8) is 0 Å². The molecule has 1 rings (SSSR count). The number of aliphatic hydroxyl groups is 1. The fourth-order valence-corrected chi connectivity index (χ4v) is 1.72. The largest absolute Gasteiger partial charge is 0.379 e. The van der Waals surface area contributed by atoms with E-state index in [9.17, 15) is 14.7 Å². The van der Waals surface area contributed by atoms with E-state index in [1.54, 1.807) is 4.90 Å². The van der Waals surface area contributed by atoms with Crippen molar-refractivity contribution in [2.75, 3.05) is 26.3 Å². The van der Waals surface area contributed by atoms with Crippen LogP contribution in [0.2, 0.25) is 0 Å². The lowest BCUT2D eigenvalue weighted by Crippen LogP contribution is -2.54. The molecule has 0 aromatic heterocycles. The van der Waals surface area contributed by atoms with Crippen LogP contribution in [0.25, 0.3) is 0 Å². The third kappa shape index (κ3) is 3.88. The SMILES string of the molecule is CC(=O)NC(CC=O)C(O)N1CCOCC1. The number of amides is 1. The molecule has 92 valence electrons. The Bertz CT molecular complexity index is 241. The molecule has 2 unspecified atom stereocenters. The van der Waals surface area contributed by atoms with Gasteiger partial charge in [-0.15, -0.1) is 0 Å². The molecule has 2 atom stereocenters. The number of nitrogens with zero attached hydrogens (tertiary/aromatic N) is 1. The summed E-state index contributed by atoms with van der Waals surface area (Å²) in [5, 5.41) is 12.6. The Morgan fingerprint density at radius 2 is 2.19 bits per heavy atom. The molecule has 1 heterocycles. The van der Waals surface area contributed by atoms with Crippen LogP contribution in [0.4, 0.5) is 0 Å². The monoisotopic (exact) mass is 230 g/mol. The molecule has 16 heavy (non-hydrogen) atoms. The van der Waals surface area contributed by atoms with Crippen LogP contribution in [0.1, 0.15) is 13.3 Å². The van der Waals surface area contributed by atoms with Crippen LogP contribution in [0.15, 0.2) is 0 Å². The molecule has 0 bridgehead atoms. The molecule has 0 radical (unpaired) electrons. The van der Waals surface area contributed by atoms with Crippen LogP contribution >= 0.6 is 0 Å². The summed E-state index contributed by atoms with van der Waals surface area (Å²) in [5.41, 5.74) is 0. The normalized spacial score (nSPS) is 21.1. The molecular formula is C10H18N2O4. The minimum Gasteiger partial charge on any atom is -0.379 e. The third-order valence-corrected chi connectivity index (χ3v) is 2.52. The zero-order valence-corrected chi connectivity index (χ0v) is 9.39. The van der Waals surface area contributed by atoms with Crippen LogP contribution in [-0.2, 0) is 14.3 Å². The topological polar surface area (TPSA) is 78.9 Å². The minimum atomic E-state index is -0.835. The lowest BCUT2D eigenvalue weighted by Gasteiger charge is -2.35. The van der Waals surface area contributed by atoms with E-state index in [-0.39, 0.29) is 12.3 Å². The lowest BCUT2D eigenvalue weighted by molar-refractivity contribution is -0.124. The van der Waals surface area contributed by atoms with Crippen molar-refractivity contribution < 1.29 is 19.4 Å². The Morgan fingerprint density at radius 1 is 1.56 bits per heavy atom. The van der Waals surface area contributed by atoms with E-state index in [0.29, 0.717) is 32.6 Å². The summed E-state index contributed by atoms with van der Waals surface area (Å²) >= 11 is 0. The molecule has 1 aliphatic heterocycles. The molecule has 1 fully saturated rings. The number of aliphatic hydroxyl groups excluding tert-OH is 1. The molecule has 2 N–H and O–H groups in total. The van der Waals surface area contributed by atoms with Crippen LogP contribution in [0.5, 0.6) is 0 Å². The summed E-state index contributed by atoms with van der Waals surface area (Å²) in [6.07, 6.45) is -0.0273. The maximum absolute atomic E-state index is 10.9. The first-order valence-corrected chi connectivity index (χ1v) is 5.35. The summed E-state index contributed by atoms with van der Waals surface area (Å²) in [7, 11) is 0. The Morgan fingerprint density at radius 3 is 2.69 bits per heavy atom. The van der Waals surface area contributed by atoms with Gasteiger partial charge in [-0.25, -0.2) is 0 Å². The van der Waals surface area contributed by atoms with E-state index in [1.807, 2.05) is 0 Å². The average Bonchev–Trinajstić information content (AvgIpc) is 2.28. The highest BCUT2D eigenvalue weighted by molar-refractivity contribution is 5.73. The van der Waals surface area contributed by atoms with Crippen LogP contribution in [0.3, 0.4) is 0 Å². The second kappa shape index (κ2) is 6.57. The van der Waals surface area contributed by atoms with Gasteiger partial charge in [0, 0.05) is 26.4 Å². The van der Waals surface area contributed by atoms with Gasteiger partial charge in [0.2, 0.25) is 5.91 Å². The molecule has 0 aromatic rings. The fourth-order valence-electron chi connectivity index (χ4n) is 1.72. The van der Waals surface area contributed by atoms with Crippen molar-refractivity contribution in [1.82, 2.24) is 10.2 Å². The molecule has 6 heteroatoms. The summed E-state index contributed by atoms with van der Waals surface area (Å²) in [6, 6.07) is -0.548. The van der Waals surface area contributed by atoms with E-state index < -0.39 is 12.3 Å². The quantitative estimate of drug-likeness (QED) is 0.576. The standard InChI is InChI=1S/C10H18N2O4/c1-8(14)11-9(2-5-13)10(15)12-3-6-16-7-4-12/h5,9-10,15H,2-4,6-7H2,1H3,(H,11,14). The van der Waals surface area contributed by atoms with Gasteiger partial charge in [-0.2, -0.15) is 0 Å². The first-order valence-electron chi connectivity index (χ1n) is 5.35. The predicted octanol–water partition coefficient (Wildman–Crippen LogP) is -1.27. The molecular weight excluding hydrogens is 212 g/mol. The van der Waals surface area contributed by atoms with E-state index in [2.05, 4.69) is 5.32 Å². The van der Waals surface area contributed by atoms with Crippen LogP contribution in [-0.4, -0.2) is 60.8 Å². The number of nitrogens with one attached hydrogen (secondary N) is 1. The second-order valence-corrected chi connectivity index (χ2v) is 3.77. The smallest absolute Gasteiger partial charge is 0.217 e. The second-order valence-electron chi connectivity index (χ2n) is 3.77. The van der Waals surface area contributed by atoms with Crippen molar-refractivity contribution in [1.29, 1.82) is 0 Å². The van der Waals surface area contributed by atoms with Crippen molar-refractivity contribution in [2.24, 2.45) is 0 Å². The highest BCUT2D eigenvalue weighted by atomic mass is 16.5. The maximum Gasteiger partial charge on any atom is 0.217 e. The first kappa shape index (κ1) is 13.1. The molecule has 1 aliphatic rings. The van der Waals surface area contributed by atoms with E-state index in [0.717, 1.165) is 0 Å². The number of carbonyl (C=O) groups is 2. The highest BCUT2D eigenvalue weighted by Gasteiger charge is 2.27. The first-order chi connectivity index (χ1) is 7.65. The molecule has 0 saturated carbocycles. The maximum atomic E-state index is 10.9. The Balaban J connectivity index is 2.53. The third-order valence-electron chi connectivity index (χ3n) is 2.52. The molecule has 0 aliphatic carbocycles. The van der Waals surface area contributed by atoms with Gasteiger partial charge in [0.25, 0.3) is 0 Å². The van der Waals surface area contributed by atoms with Gasteiger partial charge in [-0.1, -0.05) is 0 Å². The van der Waals surface area contributed by atoms with Crippen molar-refractivity contribution in [3.8, 4) is 0 Å². The summed E-state index contributed by atoms with van der Waals surface area (Å²) < 4.78 is 5.16. The summed E-state index contributed by atoms with van der Waals surface area (Å²) in [4.78, 5) is 23.2. The summed E-state index contributed by atoms with van der Waals surface area (Å²) in [5.74, 6) is -0.251. The van der Waals surface area contributed by atoms with E-state index in [1.165, 1.54) is 6.92 Å². The fraction of sp³-hybridized carbons (Fsp3) is 0.800. The number of ether oxygens (including phenoxy) is 1. The number of hydrogen-bond donors (Lipinski definition) is 2. The number of hydrogen-bond acceptors (Lipinski definition) is 5. The molecule has 0 aromatic carbocycles. The van der Waals surface area contributed by atoms with Crippen molar-refractivity contribution in [3.05, 3.63) is 0 Å². The Kier molecular flexibility index (Phi) is 5.37. The molecule has 1 saturated heterocycles. The summed E-state index contributed by atoms with van der Waals surface area (Å²) in [6.45, 7) is 3.70. The van der Waals surface area contributed by atoms with Gasteiger partial charge in [-0.05, 0) is 0 Å². The van der Waals surface area contributed by atoms with Gasteiger partial charge in [0.1, 0.15) is 12.5 Å². The number of carbonyl (C=O) groups excluding carboxylic acids is 2. The van der Waals surface area contributed by atoms with Crippen LogP contribution in [0, 0.1) is 0 Å². The Labute approximate surface area is 94.6 Å². The zero-order valence-electron chi connectivity index (χ0n) is 9.39. The van der Waals surface area contributed by atoms with Gasteiger partial charge < -0.3 is 20.0 Å². The zero-order chi connectivity index (χ0) is 12.0. The van der Waals surface area contributed by atoms with E-state index in [4.69, 9.17) is 4.74 Å². The van der Waals surface area contributed by atoms with Gasteiger partial charge in [0.05, 0.1) is 19.3 Å². The van der Waals surface area contributed by atoms with Gasteiger partial charge in [-0.3, -0.25) is 9.69 Å². The Hall–Kier alpha value is -0.980. The number of aldehydes is 1. The van der Waals surface area contributed by atoms with Gasteiger partial charge in [0.15, 0.2) is 0 Å². The molecule has 1 amide bonds.